The van der Waals surface area contributed by atoms with Gasteiger partial charge < -0.3 is 19.5 Å². The predicted molar refractivity (Wildman–Crippen MR) is 88.4 cm³/mol. The second-order valence-corrected chi connectivity index (χ2v) is 7.91. The van der Waals surface area contributed by atoms with Gasteiger partial charge in [-0.1, -0.05) is 0 Å². The largest absolute Gasteiger partial charge is 0.444 e. The first-order valence-electron chi connectivity index (χ1n) is 8.70. The lowest BCUT2D eigenvalue weighted by Crippen LogP contribution is -2.56. The smallest absolute Gasteiger partial charge is 0.410 e. The van der Waals surface area contributed by atoms with Gasteiger partial charge in [-0.05, 0) is 47.5 Å². The molecule has 1 N–H and O–H groups in total. The van der Waals surface area contributed by atoms with Crippen LogP contribution in [0.2, 0.25) is 0 Å². The van der Waals surface area contributed by atoms with Gasteiger partial charge in [-0.2, -0.15) is 0 Å². The molecule has 0 radical (unpaired) electrons. The summed E-state index contributed by atoms with van der Waals surface area (Å²) in [6.45, 7) is 12.4. The summed E-state index contributed by atoms with van der Waals surface area (Å²) in [5.41, 5.74) is -0.455. The maximum atomic E-state index is 12.2. The number of amides is 1. The molecule has 1 amide bonds. The highest BCUT2D eigenvalue weighted by Crippen LogP contribution is 2.26. The minimum absolute atomic E-state index is 0.0630. The van der Waals surface area contributed by atoms with Crippen LogP contribution in [-0.2, 0) is 9.47 Å². The fourth-order valence-electron chi connectivity index (χ4n) is 3.56. The first-order valence-corrected chi connectivity index (χ1v) is 8.70. The molecule has 0 spiro atoms. The Balaban J connectivity index is 1.92. The third-order valence-corrected chi connectivity index (χ3v) is 4.54. The fraction of sp³-hybridized carbons (Fsp3) is 0.941. The Kier molecular flexibility index (Phi) is 5.92. The van der Waals surface area contributed by atoms with Crippen molar-refractivity contribution in [2.75, 3.05) is 26.3 Å². The van der Waals surface area contributed by atoms with E-state index in [1.54, 1.807) is 4.90 Å². The summed E-state index contributed by atoms with van der Waals surface area (Å²) in [7, 11) is 0. The number of ether oxygens (including phenoxy) is 2. The van der Waals surface area contributed by atoms with Gasteiger partial charge in [0.1, 0.15) is 5.60 Å². The van der Waals surface area contributed by atoms with Crippen molar-refractivity contribution in [1.29, 1.82) is 0 Å². The number of carbonyl (C=O) groups is 1. The number of piperidine rings is 1. The molecule has 6 nitrogen and oxygen atoms in total. The molecule has 134 valence electrons. The topological polar surface area (TPSA) is 62.2 Å². The fourth-order valence-corrected chi connectivity index (χ4v) is 3.56. The number of likely N-dealkylation sites (tertiary alicyclic amines) is 1. The van der Waals surface area contributed by atoms with Crippen LogP contribution in [0.1, 0.15) is 47.5 Å². The molecule has 0 aliphatic carbocycles. The van der Waals surface area contributed by atoms with Gasteiger partial charge in [0.2, 0.25) is 0 Å². The number of aliphatic hydroxyl groups excluding tert-OH is 1. The molecular weight excluding hydrogens is 296 g/mol. The molecule has 2 aliphatic heterocycles. The quantitative estimate of drug-likeness (QED) is 0.857. The molecular formula is C17H32N2O4. The minimum Gasteiger partial charge on any atom is -0.444 e. The van der Waals surface area contributed by atoms with Crippen LogP contribution >= 0.6 is 0 Å². The molecule has 2 aliphatic rings. The van der Waals surface area contributed by atoms with E-state index < -0.39 is 11.7 Å². The van der Waals surface area contributed by atoms with Crippen LogP contribution in [-0.4, -0.2) is 77.1 Å². The molecule has 2 atom stereocenters. The lowest BCUT2D eigenvalue weighted by molar-refractivity contribution is -0.00768. The summed E-state index contributed by atoms with van der Waals surface area (Å²) in [5.74, 6) is 0. The first kappa shape index (κ1) is 18.5. The van der Waals surface area contributed by atoms with Gasteiger partial charge in [0.05, 0.1) is 25.4 Å². The van der Waals surface area contributed by atoms with Crippen LogP contribution in [0, 0.1) is 0 Å². The van der Waals surface area contributed by atoms with Crippen molar-refractivity contribution in [3.8, 4) is 0 Å². The highest BCUT2D eigenvalue weighted by Gasteiger charge is 2.39. The van der Waals surface area contributed by atoms with Gasteiger partial charge in [0.15, 0.2) is 0 Å². The van der Waals surface area contributed by atoms with Crippen molar-refractivity contribution < 1.29 is 19.4 Å². The number of rotatable bonds is 3. The Labute approximate surface area is 139 Å². The van der Waals surface area contributed by atoms with E-state index in [0.717, 1.165) is 12.8 Å². The number of hydrogen-bond acceptors (Lipinski definition) is 5. The summed E-state index contributed by atoms with van der Waals surface area (Å²) in [5, 5.41) is 10.2. The van der Waals surface area contributed by atoms with E-state index in [-0.39, 0.29) is 12.1 Å². The molecule has 0 aromatic rings. The first-order chi connectivity index (χ1) is 10.7. The van der Waals surface area contributed by atoms with Crippen LogP contribution in [0.5, 0.6) is 0 Å². The molecule has 0 saturated carbocycles. The van der Waals surface area contributed by atoms with Crippen molar-refractivity contribution in [2.24, 2.45) is 0 Å². The lowest BCUT2D eigenvalue weighted by atomic mass is 9.98. The maximum absolute atomic E-state index is 12.2. The lowest BCUT2D eigenvalue weighted by Gasteiger charge is -2.44. The summed E-state index contributed by atoms with van der Waals surface area (Å²) in [6.07, 6.45) is 1.17. The van der Waals surface area contributed by atoms with Crippen LogP contribution in [0.3, 0.4) is 0 Å². The molecule has 23 heavy (non-hydrogen) atoms. The zero-order valence-corrected chi connectivity index (χ0v) is 15.1. The second kappa shape index (κ2) is 7.36. The van der Waals surface area contributed by atoms with Gasteiger partial charge in [-0.15, -0.1) is 0 Å². The highest BCUT2D eigenvalue weighted by atomic mass is 16.6. The highest BCUT2D eigenvalue weighted by molar-refractivity contribution is 5.68. The van der Waals surface area contributed by atoms with E-state index >= 15 is 0 Å². The van der Waals surface area contributed by atoms with E-state index in [1.165, 1.54) is 0 Å². The molecule has 0 aromatic heterocycles. The summed E-state index contributed by atoms with van der Waals surface area (Å²) in [6, 6.07) is 0.776. The average Bonchev–Trinajstić information content (AvgIpc) is 2.84. The van der Waals surface area contributed by atoms with Gasteiger partial charge >= 0.3 is 6.09 Å². The third-order valence-electron chi connectivity index (χ3n) is 4.54. The zero-order valence-electron chi connectivity index (χ0n) is 15.1. The number of hydrogen-bond donors (Lipinski definition) is 1. The standard InChI is InChI=1S/C17H32N2O4/c1-12(2)19(14-10-22-11-15(14)20)13-6-8-18(9-7-13)16(21)23-17(3,4)5/h12-15,20H,6-11H2,1-5H3/t14-,15-/m1/s1. The van der Waals surface area contributed by atoms with Crippen molar-refractivity contribution in [3.05, 3.63) is 0 Å². The van der Waals surface area contributed by atoms with Gasteiger partial charge in [0, 0.05) is 25.2 Å². The Morgan fingerprint density at radius 3 is 2.30 bits per heavy atom. The summed E-state index contributed by atoms with van der Waals surface area (Å²) < 4.78 is 10.9. The van der Waals surface area contributed by atoms with Gasteiger partial charge in [-0.3, -0.25) is 4.90 Å². The Hall–Kier alpha value is -0.850. The van der Waals surface area contributed by atoms with Crippen LogP contribution in [0.4, 0.5) is 4.79 Å². The Morgan fingerprint density at radius 1 is 1.26 bits per heavy atom. The molecule has 6 heteroatoms. The van der Waals surface area contributed by atoms with E-state index in [2.05, 4.69) is 18.7 Å². The van der Waals surface area contributed by atoms with E-state index in [9.17, 15) is 9.90 Å². The average molecular weight is 328 g/mol. The summed E-state index contributed by atoms with van der Waals surface area (Å²) >= 11 is 0. The molecule has 2 rings (SSSR count). The van der Waals surface area contributed by atoms with Gasteiger partial charge in [0.25, 0.3) is 0 Å². The molecule has 2 heterocycles. The van der Waals surface area contributed by atoms with Gasteiger partial charge in [-0.25, -0.2) is 4.79 Å². The number of carbonyl (C=O) groups excluding carboxylic acids is 1. The SMILES string of the molecule is CC(C)N(C1CCN(C(=O)OC(C)(C)C)CC1)[C@@H]1COC[C@H]1O. The van der Waals surface area contributed by atoms with Crippen molar-refractivity contribution in [3.63, 3.8) is 0 Å². The second-order valence-electron chi connectivity index (χ2n) is 7.91. The van der Waals surface area contributed by atoms with Crippen LogP contribution < -0.4 is 0 Å². The molecule has 2 fully saturated rings. The Morgan fingerprint density at radius 2 is 1.87 bits per heavy atom. The monoisotopic (exact) mass is 328 g/mol. The molecule has 0 unspecified atom stereocenters. The zero-order chi connectivity index (χ0) is 17.2. The predicted octanol–water partition coefficient (Wildman–Crippen LogP) is 1.86. The number of aliphatic hydroxyl groups is 1. The molecule has 0 bridgehead atoms. The van der Waals surface area contributed by atoms with E-state index in [4.69, 9.17) is 9.47 Å². The normalized spacial score (nSPS) is 27.0. The molecule has 2 saturated heterocycles. The minimum atomic E-state index is -0.455. The van der Waals surface area contributed by atoms with E-state index in [0.29, 0.717) is 38.4 Å². The van der Waals surface area contributed by atoms with E-state index in [1.807, 2.05) is 20.8 Å². The van der Waals surface area contributed by atoms with Crippen molar-refractivity contribution >= 4 is 6.09 Å². The van der Waals surface area contributed by atoms with Crippen LogP contribution in [0.25, 0.3) is 0 Å². The van der Waals surface area contributed by atoms with Crippen molar-refractivity contribution in [1.82, 2.24) is 9.80 Å². The Bertz CT molecular complexity index is 400. The molecule has 0 aromatic carbocycles. The number of nitrogens with zero attached hydrogens (tertiary/aromatic N) is 2. The maximum Gasteiger partial charge on any atom is 0.410 e. The third kappa shape index (κ3) is 4.81. The summed E-state index contributed by atoms with van der Waals surface area (Å²) in [4.78, 5) is 16.3. The van der Waals surface area contributed by atoms with Crippen LogP contribution in [0.15, 0.2) is 0 Å². The van der Waals surface area contributed by atoms with Crippen molar-refractivity contribution in [2.45, 2.75) is 77.3 Å².